The van der Waals surface area contributed by atoms with Crippen LogP contribution in [0.3, 0.4) is 0 Å². The molecule has 172 valence electrons. The highest BCUT2D eigenvalue weighted by atomic mass is 16.3. The van der Waals surface area contributed by atoms with E-state index in [1.165, 1.54) is 0 Å². The fourth-order valence-corrected chi connectivity index (χ4v) is 6.34. The summed E-state index contributed by atoms with van der Waals surface area (Å²) in [6.07, 6.45) is 1.36. The Hall–Kier alpha value is -2.90. The molecule has 2 aromatic heterocycles. The molecule has 0 spiro atoms. The van der Waals surface area contributed by atoms with Crippen LogP contribution in [0.4, 0.5) is 0 Å². The summed E-state index contributed by atoms with van der Waals surface area (Å²) < 4.78 is 3.97. The summed E-state index contributed by atoms with van der Waals surface area (Å²) in [5.74, 6) is 0.794. The topological polar surface area (TPSA) is 70.7 Å². The normalized spacial score (nSPS) is 23.5. The largest absolute Gasteiger partial charge is 0.390 e. The number of carbonyl (C=O) groups excluding carboxylic acids is 1. The first-order valence-corrected chi connectivity index (χ1v) is 12.0. The highest BCUT2D eigenvalue weighted by molar-refractivity contribution is 6.02. The lowest BCUT2D eigenvalue weighted by Crippen LogP contribution is -2.49. The molecule has 33 heavy (non-hydrogen) atoms. The number of β-amino-alcohol motifs (C(OH)–C–C–N with tert-alkyl or cyclic N) is 1. The monoisotopic (exact) mass is 446 g/mol. The molecule has 6 rings (SSSR count). The molecule has 3 aliphatic rings. The van der Waals surface area contributed by atoms with Crippen molar-refractivity contribution in [2.75, 3.05) is 33.2 Å². The molecular formula is C26H30N4O3. The third-order valence-electron chi connectivity index (χ3n) is 7.74. The number of benzene rings is 1. The molecule has 2 bridgehead atoms. The maximum absolute atomic E-state index is 13.0. The summed E-state index contributed by atoms with van der Waals surface area (Å²) in [6.45, 7) is 4.19. The van der Waals surface area contributed by atoms with Gasteiger partial charge in [0, 0.05) is 68.4 Å². The fraction of sp³-hybridized carbons (Fsp3) is 0.462. The van der Waals surface area contributed by atoms with Crippen molar-refractivity contribution in [2.24, 2.45) is 5.92 Å². The average molecular weight is 447 g/mol. The van der Waals surface area contributed by atoms with Crippen LogP contribution in [0, 0.1) is 5.92 Å². The van der Waals surface area contributed by atoms with Gasteiger partial charge in [0.05, 0.1) is 12.6 Å². The molecule has 7 heteroatoms. The van der Waals surface area contributed by atoms with E-state index in [2.05, 4.69) is 17.0 Å². The molecule has 1 N–H and O–H groups in total. The smallest absolute Gasteiger partial charge is 0.270 e. The maximum atomic E-state index is 13.0. The van der Waals surface area contributed by atoms with E-state index in [-0.39, 0.29) is 11.5 Å². The van der Waals surface area contributed by atoms with E-state index in [4.69, 9.17) is 0 Å². The lowest BCUT2D eigenvalue weighted by molar-refractivity contribution is 0.0542. The number of likely N-dealkylation sites (N-methyl/N-ethyl adjacent to an activating group) is 1. The minimum atomic E-state index is -0.582. The van der Waals surface area contributed by atoms with Gasteiger partial charge in [0.2, 0.25) is 0 Å². The molecule has 0 aliphatic carbocycles. The van der Waals surface area contributed by atoms with Gasteiger partial charge in [0.15, 0.2) is 0 Å². The van der Waals surface area contributed by atoms with Crippen LogP contribution in [0.25, 0.3) is 10.9 Å². The average Bonchev–Trinajstić information content (AvgIpc) is 3.11. The van der Waals surface area contributed by atoms with Crippen LogP contribution in [0.1, 0.15) is 34.1 Å². The summed E-state index contributed by atoms with van der Waals surface area (Å²) in [6, 6.07) is 13.7. The number of aromatic nitrogens is 2. The molecule has 0 radical (unpaired) electrons. The van der Waals surface area contributed by atoms with Crippen LogP contribution in [0.5, 0.6) is 0 Å². The zero-order chi connectivity index (χ0) is 22.7. The van der Waals surface area contributed by atoms with Gasteiger partial charge in [-0.15, -0.1) is 0 Å². The standard InChI is InChI=1S/C26H30N4O3/c1-27-10-9-21-20-5-2-3-6-23(20)30(25(21)26(27)33)16-19(31)15-28-12-17-11-18(14-28)22-7-4-8-24(32)29(22)13-17/h2-8,17-19,31H,9-16H2,1H3. The van der Waals surface area contributed by atoms with Gasteiger partial charge < -0.3 is 19.1 Å². The van der Waals surface area contributed by atoms with Crippen molar-refractivity contribution in [3.05, 3.63) is 69.8 Å². The van der Waals surface area contributed by atoms with Crippen LogP contribution in [0.2, 0.25) is 0 Å². The molecule has 1 fully saturated rings. The summed E-state index contributed by atoms with van der Waals surface area (Å²) in [5, 5.41) is 12.3. The molecule has 3 atom stereocenters. The summed E-state index contributed by atoms with van der Waals surface area (Å²) in [4.78, 5) is 29.4. The Kier molecular flexibility index (Phi) is 4.92. The van der Waals surface area contributed by atoms with Crippen molar-refractivity contribution in [3.63, 3.8) is 0 Å². The molecule has 3 unspecified atom stereocenters. The molecule has 3 aliphatic heterocycles. The van der Waals surface area contributed by atoms with Crippen molar-refractivity contribution in [1.29, 1.82) is 0 Å². The van der Waals surface area contributed by atoms with Crippen LogP contribution < -0.4 is 5.56 Å². The zero-order valence-corrected chi connectivity index (χ0v) is 19.0. The number of piperidine rings is 1. The minimum Gasteiger partial charge on any atom is -0.390 e. The van der Waals surface area contributed by atoms with Gasteiger partial charge in [-0.3, -0.25) is 14.5 Å². The van der Waals surface area contributed by atoms with E-state index >= 15 is 0 Å². The molecule has 1 amide bonds. The SMILES string of the molecule is CN1CCc2c(n(CC(O)CN3CC4CC(C3)c3cccc(=O)n3C4)c3ccccc23)C1=O. The first-order chi connectivity index (χ1) is 16.0. The number of aliphatic hydroxyl groups excluding tert-OH is 1. The van der Waals surface area contributed by atoms with E-state index in [9.17, 15) is 14.7 Å². The fourth-order valence-electron chi connectivity index (χ4n) is 6.34. The highest BCUT2D eigenvalue weighted by Crippen LogP contribution is 2.35. The number of fused-ring (bicyclic) bond motifs is 7. The lowest BCUT2D eigenvalue weighted by Gasteiger charge is -2.43. The first-order valence-electron chi connectivity index (χ1n) is 12.0. The summed E-state index contributed by atoms with van der Waals surface area (Å²) in [5.41, 5.74) is 4.07. The number of carbonyl (C=O) groups is 1. The van der Waals surface area contributed by atoms with E-state index in [0.29, 0.717) is 24.9 Å². The Morgan fingerprint density at radius 1 is 1.03 bits per heavy atom. The Morgan fingerprint density at radius 3 is 2.76 bits per heavy atom. The number of amides is 1. The van der Waals surface area contributed by atoms with Crippen LogP contribution >= 0.6 is 0 Å². The second-order valence-electron chi connectivity index (χ2n) is 10.0. The van der Waals surface area contributed by atoms with Gasteiger partial charge in [0.1, 0.15) is 5.69 Å². The second kappa shape index (κ2) is 7.85. The Labute approximate surface area is 192 Å². The highest BCUT2D eigenvalue weighted by Gasteiger charge is 2.35. The third kappa shape index (κ3) is 3.42. The molecular weight excluding hydrogens is 416 g/mol. The Balaban J connectivity index is 1.24. The van der Waals surface area contributed by atoms with E-state index in [1.54, 1.807) is 11.0 Å². The van der Waals surface area contributed by atoms with Gasteiger partial charge >= 0.3 is 0 Å². The third-order valence-corrected chi connectivity index (χ3v) is 7.74. The van der Waals surface area contributed by atoms with Crippen molar-refractivity contribution < 1.29 is 9.90 Å². The van der Waals surface area contributed by atoms with Gasteiger partial charge in [-0.25, -0.2) is 0 Å². The van der Waals surface area contributed by atoms with Gasteiger partial charge in [-0.2, -0.15) is 0 Å². The first kappa shape index (κ1) is 20.7. The number of para-hydroxylation sites is 1. The maximum Gasteiger partial charge on any atom is 0.270 e. The van der Waals surface area contributed by atoms with Crippen molar-refractivity contribution in [1.82, 2.24) is 18.9 Å². The molecule has 5 heterocycles. The van der Waals surface area contributed by atoms with E-state index in [1.807, 2.05) is 40.4 Å². The number of aliphatic hydroxyl groups is 1. The van der Waals surface area contributed by atoms with Crippen LogP contribution in [-0.4, -0.2) is 69.3 Å². The Bertz CT molecular complexity index is 1290. The van der Waals surface area contributed by atoms with E-state index < -0.39 is 6.10 Å². The molecule has 0 saturated carbocycles. The molecule has 7 nitrogen and oxygen atoms in total. The molecule has 1 aromatic carbocycles. The predicted octanol–water partition coefficient (Wildman–Crippen LogP) is 1.91. The van der Waals surface area contributed by atoms with Gasteiger partial charge in [-0.1, -0.05) is 24.3 Å². The summed E-state index contributed by atoms with van der Waals surface area (Å²) >= 11 is 0. The zero-order valence-electron chi connectivity index (χ0n) is 19.0. The van der Waals surface area contributed by atoms with Crippen LogP contribution in [-0.2, 0) is 19.5 Å². The second-order valence-corrected chi connectivity index (χ2v) is 10.0. The quantitative estimate of drug-likeness (QED) is 0.665. The number of pyridine rings is 1. The predicted molar refractivity (Wildman–Crippen MR) is 127 cm³/mol. The van der Waals surface area contributed by atoms with Crippen LogP contribution in [0.15, 0.2) is 47.3 Å². The van der Waals surface area contributed by atoms with Crippen molar-refractivity contribution in [2.45, 2.75) is 38.0 Å². The number of hydrogen-bond donors (Lipinski definition) is 1. The van der Waals surface area contributed by atoms with Gasteiger partial charge in [-0.05, 0) is 36.5 Å². The van der Waals surface area contributed by atoms with Crippen molar-refractivity contribution >= 4 is 16.8 Å². The number of nitrogens with zero attached hydrogens (tertiary/aromatic N) is 4. The number of rotatable bonds is 4. The molecule has 1 saturated heterocycles. The summed E-state index contributed by atoms with van der Waals surface area (Å²) in [7, 11) is 1.85. The Morgan fingerprint density at radius 2 is 1.88 bits per heavy atom. The lowest BCUT2D eigenvalue weighted by atomic mass is 9.83. The van der Waals surface area contributed by atoms with Crippen molar-refractivity contribution in [3.8, 4) is 0 Å². The number of likely N-dealkylation sites (tertiary alicyclic amines) is 1. The van der Waals surface area contributed by atoms with E-state index in [0.717, 1.165) is 66.9 Å². The number of hydrogen-bond acceptors (Lipinski definition) is 4. The molecule has 3 aromatic rings. The minimum absolute atomic E-state index is 0.0363. The van der Waals surface area contributed by atoms with Gasteiger partial charge in [0.25, 0.3) is 11.5 Å².